The summed E-state index contributed by atoms with van der Waals surface area (Å²) in [5.74, 6) is 1.86. The number of ether oxygens (including phenoxy) is 1. The zero-order chi connectivity index (χ0) is 21.2. The first-order chi connectivity index (χ1) is 14.7. The van der Waals surface area contributed by atoms with Crippen LogP contribution in [0.2, 0.25) is 0 Å². The maximum Gasteiger partial charge on any atom is 0.222 e. The minimum Gasteiger partial charge on any atom is -0.489 e. The van der Waals surface area contributed by atoms with E-state index in [1.165, 1.54) is 0 Å². The molecule has 2 N–H and O–H groups in total. The Morgan fingerprint density at radius 3 is 2.57 bits per heavy atom. The topological polar surface area (TPSA) is 66.0 Å². The molecule has 1 fully saturated rings. The molecule has 0 aliphatic carbocycles. The fourth-order valence-corrected chi connectivity index (χ4v) is 3.54. The summed E-state index contributed by atoms with van der Waals surface area (Å²) in [6.45, 7) is 7.37. The van der Waals surface area contributed by atoms with Crippen LogP contribution in [-0.4, -0.2) is 42.4 Å². The number of carbonyl (C=O) groups is 1. The molecule has 0 bridgehead atoms. The van der Waals surface area contributed by atoms with E-state index in [1.54, 1.807) is 0 Å². The zero-order valence-electron chi connectivity index (χ0n) is 17.9. The predicted octanol–water partition coefficient (Wildman–Crippen LogP) is 3.33. The first kappa shape index (κ1) is 21.7. The number of benzene rings is 2. The molecule has 1 saturated heterocycles. The second kappa shape index (κ2) is 11.2. The van der Waals surface area contributed by atoms with E-state index in [2.05, 4.69) is 29.7 Å². The number of nitrogens with zero attached hydrogens (tertiary/aromatic N) is 2. The highest BCUT2D eigenvalue weighted by Gasteiger charge is 2.25. The molecule has 1 unspecified atom stereocenters. The first-order valence-electron chi connectivity index (χ1n) is 10.8. The van der Waals surface area contributed by atoms with Gasteiger partial charge in [0, 0.05) is 32.1 Å². The van der Waals surface area contributed by atoms with Crippen LogP contribution in [0, 0.1) is 0 Å². The zero-order valence-corrected chi connectivity index (χ0v) is 17.9. The molecule has 0 saturated carbocycles. The summed E-state index contributed by atoms with van der Waals surface area (Å²) in [6, 6.07) is 18.3. The van der Waals surface area contributed by atoms with Gasteiger partial charge in [0.2, 0.25) is 5.91 Å². The molecule has 0 radical (unpaired) electrons. The van der Waals surface area contributed by atoms with Gasteiger partial charge in [-0.05, 0) is 36.6 Å². The average Bonchev–Trinajstić information content (AvgIpc) is 3.25. The molecule has 3 rings (SSSR count). The number of hydrogen-bond donors (Lipinski definition) is 2. The van der Waals surface area contributed by atoms with Gasteiger partial charge in [-0.15, -0.1) is 0 Å². The predicted molar refractivity (Wildman–Crippen MR) is 120 cm³/mol. The summed E-state index contributed by atoms with van der Waals surface area (Å²) in [4.78, 5) is 18.6. The standard InChI is InChI=1S/C24H32N4O2/c1-3-23(29)28-15-14-21(17-28)27-24(25-4-2)26-16-19-10-8-9-11-20(19)18-30-22-12-6-5-7-13-22/h5-13,21H,3-4,14-18H2,1-2H3,(H2,25,26,27). The van der Waals surface area contributed by atoms with Gasteiger partial charge in [-0.25, -0.2) is 4.99 Å². The van der Waals surface area contributed by atoms with E-state index < -0.39 is 0 Å². The number of hydrogen-bond acceptors (Lipinski definition) is 3. The van der Waals surface area contributed by atoms with Crippen LogP contribution < -0.4 is 15.4 Å². The maximum absolute atomic E-state index is 11.9. The molecule has 1 atom stereocenters. The third-order valence-corrected chi connectivity index (χ3v) is 5.19. The van der Waals surface area contributed by atoms with E-state index in [1.807, 2.05) is 54.3 Å². The van der Waals surface area contributed by atoms with Crippen molar-refractivity contribution in [2.24, 2.45) is 4.99 Å². The van der Waals surface area contributed by atoms with Crippen molar-refractivity contribution in [1.29, 1.82) is 0 Å². The monoisotopic (exact) mass is 408 g/mol. The highest BCUT2D eigenvalue weighted by molar-refractivity contribution is 5.80. The number of carbonyl (C=O) groups excluding carboxylic acids is 1. The molecule has 1 aliphatic rings. The second-order valence-corrected chi connectivity index (χ2v) is 7.39. The highest BCUT2D eigenvalue weighted by atomic mass is 16.5. The van der Waals surface area contributed by atoms with E-state index in [-0.39, 0.29) is 11.9 Å². The molecule has 2 aromatic rings. The largest absolute Gasteiger partial charge is 0.489 e. The van der Waals surface area contributed by atoms with Crippen molar-refractivity contribution in [1.82, 2.24) is 15.5 Å². The van der Waals surface area contributed by atoms with Crippen molar-refractivity contribution in [3.63, 3.8) is 0 Å². The van der Waals surface area contributed by atoms with Crippen LogP contribution in [0.1, 0.15) is 37.8 Å². The molecule has 6 nitrogen and oxygen atoms in total. The Kier molecular flexibility index (Phi) is 8.12. The molecule has 6 heteroatoms. The lowest BCUT2D eigenvalue weighted by atomic mass is 10.1. The fourth-order valence-electron chi connectivity index (χ4n) is 3.54. The van der Waals surface area contributed by atoms with E-state index in [0.29, 0.717) is 19.6 Å². The molecule has 0 spiro atoms. The highest BCUT2D eigenvalue weighted by Crippen LogP contribution is 2.16. The normalized spacial score (nSPS) is 16.4. The quantitative estimate of drug-likeness (QED) is 0.519. The van der Waals surface area contributed by atoms with Crippen LogP contribution in [0.5, 0.6) is 5.75 Å². The van der Waals surface area contributed by atoms with Crippen LogP contribution in [-0.2, 0) is 17.9 Å². The van der Waals surface area contributed by atoms with E-state index in [4.69, 9.17) is 9.73 Å². The summed E-state index contributed by atoms with van der Waals surface area (Å²) in [5.41, 5.74) is 2.27. The molecule has 1 aliphatic heterocycles. The minimum atomic E-state index is 0.216. The number of likely N-dealkylation sites (tertiary alicyclic amines) is 1. The van der Waals surface area contributed by atoms with Gasteiger partial charge in [0.25, 0.3) is 0 Å². The van der Waals surface area contributed by atoms with Crippen LogP contribution in [0.4, 0.5) is 0 Å². The summed E-state index contributed by atoms with van der Waals surface area (Å²) >= 11 is 0. The number of guanidine groups is 1. The molecule has 1 heterocycles. The summed E-state index contributed by atoms with van der Waals surface area (Å²) in [7, 11) is 0. The lowest BCUT2D eigenvalue weighted by Crippen LogP contribution is -2.45. The number of rotatable bonds is 8. The number of amides is 1. The van der Waals surface area contributed by atoms with Gasteiger partial charge >= 0.3 is 0 Å². The summed E-state index contributed by atoms with van der Waals surface area (Å²) < 4.78 is 5.92. The molecule has 1 amide bonds. The van der Waals surface area contributed by atoms with Gasteiger partial charge in [-0.3, -0.25) is 4.79 Å². The van der Waals surface area contributed by atoms with Crippen molar-refractivity contribution in [3.8, 4) is 5.75 Å². The fraction of sp³-hybridized carbons (Fsp3) is 0.417. The summed E-state index contributed by atoms with van der Waals surface area (Å²) in [5, 5.41) is 6.81. The third kappa shape index (κ3) is 6.24. The lowest BCUT2D eigenvalue weighted by molar-refractivity contribution is -0.129. The Labute approximate surface area is 179 Å². The molecular weight excluding hydrogens is 376 g/mol. The number of nitrogens with one attached hydrogen (secondary N) is 2. The van der Waals surface area contributed by atoms with Gasteiger partial charge < -0.3 is 20.3 Å². The van der Waals surface area contributed by atoms with Crippen LogP contribution >= 0.6 is 0 Å². The van der Waals surface area contributed by atoms with Crippen molar-refractivity contribution >= 4 is 11.9 Å². The van der Waals surface area contributed by atoms with Crippen LogP contribution in [0.3, 0.4) is 0 Å². The molecule has 2 aromatic carbocycles. The molecular formula is C24H32N4O2. The Morgan fingerprint density at radius 1 is 1.10 bits per heavy atom. The Hall–Kier alpha value is -3.02. The molecule has 0 aromatic heterocycles. The van der Waals surface area contributed by atoms with E-state index >= 15 is 0 Å². The van der Waals surface area contributed by atoms with Crippen LogP contribution in [0.15, 0.2) is 59.6 Å². The van der Waals surface area contributed by atoms with Crippen molar-refractivity contribution in [2.45, 2.75) is 45.9 Å². The van der Waals surface area contributed by atoms with Crippen LogP contribution in [0.25, 0.3) is 0 Å². The Morgan fingerprint density at radius 2 is 1.83 bits per heavy atom. The van der Waals surface area contributed by atoms with Crippen molar-refractivity contribution in [2.75, 3.05) is 19.6 Å². The molecule has 30 heavy (non-hydrogen) atoms. The van der Waals surface area contributed by atoms with Crippen molar-refractivity contribution < 1.29 is 9.53 Å². The smallest absolute Gasteiger partial charge is 0.222 e. The van der Waals surface area contributed by atoms with Gasteiger partial charge in [-0.1, -0.05) is 49.4 Å². The summed E-state index contributed by atoms with van der Waals surface area (Å²) in [6.07, 6.45) is 1.50. The Bertz CT molecular complexity index is 838. The van der Waals surface area contributed by atoms with E-state index in [9.17, 15) is 4.79 Å². The van der Waals surface area contributed by atoms with Gasteiger partial charge in [0.05, 0.1) is 6.54 Å². The first-order valence-corrected chi connectivity index (χ1v) is 10.8. The minimum absolute atomic E-state index is 0.216. The SMILES string of the molecule is CCNC(=NCc1ccccc1COc1ccccc1)NC1CCN(C(=O)CC)C1. The second-order valence-electron chi connectivity index (χ2n) is 7.39. The maximum atomic E-state index is 11.9. The van der Waals surface area contributed by atoms with E-state index in [0.717, 1.165) is 48.9 Å². The molecule has 160 valence electrons. The van der Waals surface area contributed by atoms with Gasteiger partial charge in [0.15, 0.2) is 5.96 Å². The number of para-hydroxylation sites is 1. The van der Waals surface area contributed by atoms with Gasteiger partial charge in [0.1, 0.15) is 12.4 Å². The number of aliphatic imine (C=N–C) groups is 1. The lowest BCUT2D eigenvalue weighted by Gasteiger charge is -2.19. The third-order valence-electron chi connectivity index (χ3n) is 5.19. The average molecular weight is 409 g/mol. The van der Waals surface area contributed by atoms with Gasteiger partial charge in [-0.2, -0.15) is 0 Å². The Balaban J connectivity index is 1.61. The van der Waals surface area contributed by atoms with Crippen molar-refractivity contribution in [3.05, 3.63) is 65.7 Å².